The number of hydrogen-bond donors (Lipinski definition) is 1. The molecule has 0 fully saturated rings. The minimum atomic E-state index is -0.433. The lowest BCUT2D eigenvalue weighted by molar-refractivity contribution is 0.0517. The predicted octanol–water partition coefficient (Wildman–Crippen LogP) is 2.19. The molecule has 0 spiro atoms. The van der Waals surface area contributed by atoms with E-state index < -0.39 is 5.97 Å². The monoisotopic (exact) mass is 238 g/mol. The van der Waals surface area contributed by atoms with E-state index in [4.69, 9.17) is 22.2 Å². The number of benzene rings is 1. The van der Waals surface area contributed by atoms with Crippen molar-refractivity contribution < 1.29 is 9.53 Å². The number of aromatic nitrogens is 1. The Morgan fingerprint density at radius 2 is 2.25 bits per heavy atom. The topological polar surface area (TPSA) is 57.2 Å². The Bertz CT molecular complexity index is 548. The third kappa shape index (κ3) is 1.72. The van der Waals surface area contributed by atoms with Gasteiger partial charge in [-0.2, -0.15) is 0 Å². The van der Waals surface area contributed by atoms with E-state index in [1.54, 1.807) is 31.2 Å². The van der Waals surface area contributed by atoms with Gasteiger partial charge >= 0.3 is 5.97 Å². The number of fused-ring (bicyclic) bond motifs is 1. The molecule has 16 heavy (non-hydrogen) atoms. The zero-order valence-corrected chi connectivity index (χ0v) is 9.49. The van der Waals surface area contributed by atoms with Crippen LogP contribution in [-0.4, -0.2) is 17.3 Å². The summed E-state index contributed by atoms with van der Waals surface area (Å²) in [6.07, 6.45) is 0. The van der Waals surface area contributed by atoms with Crippen LogP contribution in [0.1, 0.15) is 17.4 Å². The molecule has 0 aliphatic rings. The molecule has 0 radical (unpaired) electrons. The van der Waals surface area contributed by atoms with Crippen LogP contribution in [0.3, 0.4) is 0 Å². The smallest absolute Gasteiger partial charge is 0.356 e. The third-order valence-electron chi connectivity index (χ3n) is 2.29. The SMILES string of the molecule is CCOC(=O)c1cc2cc(Cl)ccc2n1N. The summed E-state index contributed by atoms with van der Waals surface area (Å²) in [5.41, 5.74) is 1.06. The number of carbonyl (C=O) groups excluding carboxylic acids is 1. The highest BCUT2D eigenvalue weighted by Gasteiger charge is 2.14. The molecule has 2 rings (SSSR count). The van der Waals surface area contributed by atoms with Crippen LogP contribution in [0.4, 0.5) is 0 Å². The lowest BCUT2D eigenvalue weighted by Gasteiger charge is -2.03. The van der Waals surface area contributed by atoms with Crippen LogP contribution in [0.2, 0.25) is 5.02 Å². The Labute approximate surface area is 97.5 Å². The summed E-state index contributed by atoms with van der Waals surface area (Å²) in [7, 11) is 0. The highest BCUT2D eigenvalue weighted by atomic mass is 35.5. The van der Waals surface area contributed by atoms with Crippen molar-refractivity contribution in [1.29, 1.82) is 0 Å². The molecule has 0 aliphatic heterocycles. The van der Waals surface area contributed by atoms with Crippen LogP contribution in [0, 0.1) is 0 Å². The van der Waals surface area contributed by atoms with Crippen molar-refractivity contribution in [3.05, 3.63) is 35.0 Å². The first-order chi connectivity index (χ1) is 7.63. The number of carbonyl (C=O) groups is 1. The van der Waals surface area contributed by atoms with Crippen molar-refractivity contribution in [1.82, 2.24) is 4.68 Å². The van der Waals surface area contributed by atoms with Crippen molar-refractivity contribution in [2.24, 2.45) is 0 Å². The maximum Gasteiger partial charge on any atom is 0.356 e. The summed E-state index contributed by atoms with van der Waals surface area (Å²) in [4.78, 5) is 11.6. The molecule has 0 saturated carbocycles. The molecular weight excluding hydrogens is 228 g/mol. The summed E-state index contributed by atoms with van der Waals surface area (Å²) in [6, 6.07) is 6.91. The number of hydrogen-bond acceptors (Lipinski definition) is 3. The van der Waals surface area contributed by atoms with Gasteiger partial charge in [0.15, 0.2) is 0 Å². The summed E-state index contributed by atoms with van der Waals surface area (Å²) in [5, 5.41) is 1.42. The van der Waals surface area contributed by atoms with Gasteiger partial charge in [0.1, 0.15) is 5.69 Å². The zero-order chi connectivity index (χ0) is 11.7. The van der Waals surface area contributed by atoms with Gasteiger partial charge in [-0.3, -0.25) is 4.68 Å². The van der Waals surface area contributed by atoms with Crippen molar-refractivity contribution in [2.75, 3.05) is 12.4 Å². The summed E-state index contributed by atoms with van der Waals surface area (Å²) < 4.78 is 6.20. The number of ether oxygens (including phenoxy) is 1. The Morgan fingerprint density at radius 3 is 2.94 bits per heavy atom. The van der Waals surface area contributed by atoms with Crippen molar-refractivity contribution in [3.8, 4) is 0 Å². The van der Waals surface area contributed by atoms with Gasteiger partial charge in [0, 0.05) is 10.4 Å². The van der Waals surface area contributed by atoms with Gasteiger partial charge in [-0.15, -0.1) is 0 Å². The minimum absolute atomic E-state index is 0.319. The summed E-state index contributed by atoms with van der Waals surface area (Å²) >= 11 is 5.85. The largest absolute Gasteiger partial charge is 0.461 e. The average molecular weight is 239 g/mol. The van der Waals surface area contributed by atoms with E-state index in [-0.39, 0.29) is 0 Å². The van der Waals surface area contributed by atoms with Crippen LogP contribution in [0.15, 0.2) is 24.3 Å². The molecule has 0 aliphatic carbocycles. The van der Waals surface area contributed by atoms with Crippen molar-refractivity contribution >= 4 is 28.5 Å². The van der Waals surface area contributed by atoms with Gasteiger partial charge in [0.25, 0.3) is 0 Å². The van der Waals surface area contributed by atoms with E-state index in [9.17, 15) is 4.79 Å². The highest BCUT2D eigenvalue weighted by molar-refractivity contribution is 6.31. The fourth-order valence-electron chi connectivity index (χ4n) is 1.57. The number of halogens is 1. The number of nitrogens with zero attached hydrogens (tertiary/aromatic N) is 1. The molecular formula is C11H11ClN2O2. The van der Waals surface area contributed by atoms with Gasteiger partial charge in [-0.25, -0.2) is 4.79 Å². The molecule has 1 aromatic heterocycles. The quantitative estimate of drug-likeness (QED) is 0.645. The molecule has 2 N–H and O–H groups in total. The van der Waals surface area contributed by atoms with Crippen LogP contribution in [0.25, 0.3) is 10.9 Å². The lowest BCUT2D eigenvalue weighted by Crippen LogP contribution is -2.17. The van der Waals surface area contributed by atoms with Crippen molar-refractivity contribution in [2.45, 2.75) is 6.92 Å². The maximum absolute atomic E-state index is 11.6. The Hall–Kier alpha value is -1.68. The predicted molar refractivity (Wildman–Crippen MR) is 63.1 cm³/mol. The molecule has 0 unspecified atom stereocenters. The van der Waals surface area contributed by atoms with E-state index in [2.05, 4.69) is 0 Å². The first kappa shape index (κ1) is 10.8. The second kappa shape index (κ2) is 4.06. The van der Waals surface area contributed by atoms with Gasteiger partial charge in [-0.1, -0.05) is 11.6 Å². The molecule has 5 heteroatoms. The molecule has 84 valence electrons. The standard InChI is InChI=1S/C11H11ClN2O2/c1-2-16-11(15)10-6-7-5-8(12)3-4-9(7)14(10)13/h3-6H,2,13H2,1H3. The zero-order valence-electron chi connectivity index (χ0n) is 8.74. The van der Waals surface area contributed by atoms with E-state index in [1.807, 2.05) is 0 Å². The molecule has 4 nitrogen and oxygen atoms in total. The molecule has 1 aromatic carbocycles. The van der Waals surface area contributed by atoms with Gasteiger partial charge < -0.3 is 10.6 Å². The summed E-state index contributed by atoms with van der Waals surface area (Å²) in [6.45, 7) is 2.07. The Kier molecular flexibility index (Phi) is 2.75. The molecule has 0 amide bonds. The molecule has 0 saturated heterocycles. The molecule has 0 atom stereocenters. The Balaban J connectivity index is 2.55. The highest BCUT2D eigenvalue weighted by Crippen LogP contribution is 2.22. The van der Waals surface area contributed by atoms with E-state index in [0.29, 0.717) is 17.3 Å². The number of nitrogens with two attached hydrogens (primary N) is 1. The normalized spacial score (nSPS) is 10.6. The first-order valence-corrected chi connectivity index (χ1v) is 5.24. The maximum atomic E-state index is 11.6. The minimum Gasteiger partial charge on any atom is -0.461 e. The van der Waals surface area contributed by atoms with Crippen LogP contribution >= 0.6 is 11.6 Å². The second-order valence-corrected chi connectivity index (χ2v) is 3.76. The fraction of sp³-hybridized carbons (Fsp3) is 0.182. The number of nitrogen functional groups attached to an aromatic ring is 1. The third-order valence-corrected chi connectivity index (χ3v) is 2.52. The molecule has 2 aromatic rings. The molecule has 0 bridgehead atoms. The number of esters is 1. The van der Waals surface area contributed by atoms with Gasteiger partial charge in [0.05, 0.1) is 12.1 Å². The van der Waals surface area contributed by atoms with Crippen LogP contribution in [-0.2, 0) is 4.74 Å². The lowest BCUT2D eigenvalue weighted by atomic mass is 10.2. The Morgan fingerprint density at radius 1 is 1.50 bits per heavy atom. The number of rotatable bonds is 2. The van der Waals surface area contributed by atoms with Crippen LogP contribution in [0.5, 0.6) is 0 Å². The fourth-order valence-corrected chi connectivity index (χ4v) is 1.75. The van der Waals surface area contributed by atoms with Gasteiger partial charge in [-0.05, 0) is 31.2 Å². The average Bonchev–Trinajstić information content (AvgIpc) is 2.56. The van der Waals surface area contributed by atoms with Crippen molar-refractivity contribution in [3.63, 3.8) is 0 Å². The summed E-state index contributed by atoms with van der Waals surface area (Å²) in [5.74, 6) is 5.36. The second-order valence-electron chi connectivity index (χ2n) is 3.32. The van der Waals surface area contributed by atoms with Crippen LogP contribution < -0.4 is 5.84 Å². The van der Waals surface area contributed by atoms with Gasteiger partial charge in [0.2, 0.25) is 0 Å². The van der Waals surface area contributed by atoms with E-state index in [0.717, 1.165) is 10.9 Å². The first-order valence-electron chi connectivity index (χ1n) is 4.86. The molecule has 1 heterocycles. The van der Waals surface area contributed by atoms with E-state index in [1.165, 1.54) is 4.68 Å². The van der Waals surface area contributed by atoms with E-state index >= 15 is 0 Å².